The van der Waals surface area contributed by atoms with E-state index in [1.165, 1.54) is 0 Å². The number of nitrogens with one attached hydrogen (secondary N) is 1. The largest absolute Gasteiger partial charge is 0.384 e. The van der Waals surface area contributed by atoms with E-state index in [1.807, 2.05) is 25.6 Å². The number of nitrogens with zero attached hydrogens (tertiary/aromatic N) is 3. The van der Waals surface area contributed by atoms with E-state index in [0.717, 1.165) is 35.7 Å². The first-order valence-corrected chi connectivity index (χ1v) is 7.43. The van der Waals surface area contributed by atoms with Crippen molar-refractivity contribution >= 4 is 23.4 Å². The Hall–Kier alpha value is -1.30. The Kier molecular flexibility index (Phi) is 3.99. The Morgan fingerprint density at radius 2 is 1.84 bits per heavy atom. The van der Waals surface area contributed by atoms with Gasteiger partial charge in [0.1, 0.15) is 5.84 Å². The van der Waals surface area contributed by atoms with Crippen molar-refractivity contribution in [2.45, 2.75) is 38.2 Å². The highest BCUT2D eigenvalue weighted by atomic mass is 32.2. The average molecular weight is 279 g/mol. The molecule has 1 aromatic rings. The highest BCUT2D eigenvalue weighted by molar-refractivity contribution is 8.00. The number of amidine groups is 1. The lowest BCUT2D eigenvalue weighted by atomic mass is 10.1. The summed E-state index contributed by atoms with van der Waals surface area (Å²) in [6.45, 7) is 10.1. The van der Waals surface area contributed by atoms with Crippen LogP contribution >= 0.6 is 11.8 Å². The molecule has 0 saturated carbocycles. The first kappa shape index (κ1) is 14.1. The molecule has 0 bridgehead atoms. The van der Waals surface area contributed by atoms with Gasteiger partial charge in [-0.15, -0.1) is 5.10 Å². The predicted molar refractivity (Wildman–Crippen MR) is 81.3 cm³/mol. The molecular weight excluding hydrogens is 258 g/mol. The van der Waals surface area contributed by atoms with Crippen LogP contribution in [0.25, 0.3) is 0 Å². The molecule has 2 atom stereocenters. The van der Waals surface area contributed by atoms with Gasteiger partial charge in [-0.05, 0) is 19.4 Å². The van der Waals surface area contributed by atoms with Crippen LogP contribution in [0.1, 0.15) is 30.7 Å². The quantitative estimate of drug-likeness (QED) is 0.636. The standard InChI is InChI=1S/C13H21N5S/c1-7-5-18(6-8(2)19-7)13-11(12(14)15)9(3)10(4)16-17-13/h7-8H,5-6H2,1-4H3,(H3,14,15). The van der Waals surface area contributed by atoms with Crippen molar-refractivity contribution in [1.29, 1.82) is 5.41 Å². The van der Waals surface area contributed by atoms with E-state index in [1.54, 1.807) is 0 Å². The summed E-state index contributed by atoms with van der Waals surface area (Å²) in [6, 6.07) is 0. The molecule has 19 heavy (non-hydrogen) atoms. The minimum Gasteiger partial charge on any atom is -0.384 e. The molecule has 104 valence electrons. The van der Waals surface area contributed by atoms with Gasteiger partial charge < -0.3 is 10.6 Å². The maximum Gasteiger partial charge on any atom is 0.162 e. The molecule has 1 saturated heterocycles. The highest BCUT2D eigenvalue weighted by Gasteiger charge is 2.27. The van der Waals surface area contributed by atoms with Crippen molar-refractivity contribution in [1.82, 2.24) is 10.2 Å². The first-order chi connectivity index (χ1) is 8.90. The number of nitrogens with two attached hydrogens (primary N) is 1. The molecule has 2 rings (SSSR count). The lowest BCUT2D eigenvalue weighted by Gasteiger charge is -2.36. The Morgan fingerprint density at radius 1 is 1.26 bits per heavy atom. The number of hydrogen-bond donors (Lipinski definition) is 2. The molecule has 1 fully saturated rings. The van der Waals surface area contributed by atoms with Gasteiger partial charge >= 0.3 is 0 Å². The Morgan fingerprint density at radius 3 is 2.37 bits per heavy atom. The monoisotopic (exact) mass is 279 g/mol. The van der Waals surface area contributed by atoms with Crippen molar-refractivity contribution in [2.75, 3.05) is 18.0 Å². The van der Waals surface area contributed by atoms with Crippen LogP contribution in [0.3, 0.4) is 0 Å². The van der Waals surface area contributed by atoms with E-state index in [0.29, 0.717) is 10.5 Å². The molecule has 5 nitrogen and oxygen atoms in total. The third-order valence-corrected chi connectivity index (χ3v) is 4.65. The van der Waals surface area contributed by atoms with Crippen molar-refractivity contribution in [2.24, 2.45) is 5.73 Å². The van der Waals surface area contributed by atoms with Crippen LogP contribution in [0.2, 0.25) is 0 Å². The van der Waals surface area contributed by atoms with E-state index in [-0.39, 0.29) is 5.84 Å². The fourth-order valence-electron chi connectivity index (χ4n) is 2.49. The predicted octanol–water partition coefficient (Wildman–Crippen LogP) is 1.71. The summed E-state index contributed by atoms with van der Waals surface area (Å²) in [4.78, 5) is 2.21. The normalized spacial score (nSPS) is 23.5. The maximum absolute atomic E-state index is 7.81. The topological polar surface area (TPSA) is 78.9 Å². The average Bonchev–Trinajstić information content (AvgIpc) is 2.30. The number of thioether (sulfide) groups is 1. The van der Waals surface area contributed by atoms with E-state index in [9.17, 15) is 0 Å². The van der Waals surface area contributed by atoms with Crippen LogP contribution in [0, 0.1) is 19.3 Å². The number of aromatic nitrogens is 2. The first-order valence-electron chi connectivity index (χ1n) is 6.48. The second-order valence-electron chi connectivity index (χ2n) is 5.18. The molecule has 2 unspecified atom stereocenters. The van der Waals surface area contributed by atoms with E-state index in [2.05, 4.69) is 28.9 Å². The molecule has 0 radical (unpaired) electrons. The number of rotatable bonds is 2. The van der Waals surface area contributed by atoms with Crippen molar-refractivity contribution in [3.05, 3.63) is 16.8 Å². The number of hydrogen-bond acceptors (Lipinski definition) is 5. The van der Waals surface area contributed by atoms with E-state index < -0.39 is 0 Å². The molecule has 0 aliphatic carbocycles. The molecular formula is C13H21N5S. The van der Waals surface area contributed by atoms with Crippen molar-refractivity contribution < 1.29 is 0 Å². The Balaban J connectivity index is 2.44. The lowest BCUT2D eigenvalue weighted by molar-refractivity contribution is 0.707. The minimum atomic E-state index is 0.0732. The summed E-state index contributed by atoms with van der Waals surface area (Å²) in [5.74, 6) is 0.832. The summed E-state index contributed by atoms with van der Waals surface area (Å²) in [7, 11) is 0. The number of aryl methyl sites for hydroxylation is 1. The highest BCUT2D eigenvalue weighted by Crippen LogP contribution is 2.30. The minimum absolute atomic E-state index is 0.0732. The molecule has 2 heterocycles. The van der Waals surface area contributed by atoms with Crippen molar-refractivity contribution in [3.8, 4) is 0 Å². The van der Waals surface area contributed by atoms with Gasteiger partial charge in [0.2, 0.25) is 0 Å². The molecule has 1 aliphatic rings. The third kappa shape index (κ3) is 2.83. The van der Waals surface area contributed by atoms with Gasteiger partial charge in [-0.25, -0.2) is 0 Å². The maximum atomic E-state index is 7.81. The summed E-state index contributed by atoms with van der Waals surface area (Å²) in [5.41, 5.74) is 8.27. The van der Waals surface area contributed by atoms with Crippen LogP contribution in [-0.2, 0) is 0 Å². The van der Waals surface area contributed by atoms with Gasteiger partial charge in [0.15, 0.2) is 5.82 Å². The van der Waals surface area contributed by atoms with Gasteiger partial charge in [0.25, 0.3) is 0 Å². The van der Waals surface area contributed by atoms with Gasteiger partial charge in [-0.3, -0.25) is 5.41 Å². The fraction of sp³-hybridized carbons (Fsp3) is 0.615. The SMILES string of the molecule is Cc1nnc(N2CC(C)SC(C)C2)c(C(=N)N)c1C. The van der Waals surface area contributed by atoms with Gasteiger partial charge in [0.05, 0.1) is 11.3 Å². The van der Waals surface area contributed by atoms with Crippen LogP contribution in [0.5, 0.6) is 0 Å². The summed E-state index contributed by atoms with van der Waals surface area (Å²) < 4.78 is 0. The second kappa shape index (κ2) is 5.36. The molecule has 1 aromatic heterocycles. The third-order valence-electron chi connectivity index (χ3n) is 3.42. The fourth-order valence-corrected chi connectivity index (χ4v) is 3.82. The zero-order chi connectivity index (χ0) is 14.2. The molecule has 0 amide bonds. The summed E-state index contributed by atoms with van der Waals surface area (Å²) in [5, 5.41) is 17.4. The van der Waals surface area contributed by atoms with Gasteiger partial charge in [-0.2, -0.15) is 16.9 Å². The van der Waals surface area contributed by atoms with E-state index >= 15 is 0 Å². The lowest BCUT2D eigenvalue weighted by Crippen LogP contribution is -2.42. The Labute approximate surface area is 118 Å². The Bertz CT molecular complexity index is 492. The number of nitrogen functional groups attached to an aromatic ring is 1. The van der Waals surface area contributed by atoms with Crippen LogP contribution in [0.15, 0.2) is 0 Å². The number of anilines is 1. The smallest absolute Gasteiger partial charge is 0.162 e. The van der Waals surface area contributed by atoms with Gasteiger partial charge in [-0.1, -0.05) is 13.8 Å². The zero-order valence-corrected chi connectivity index (χ0v) is 12.7. The zero-order valence-electron chi connectivity index (χ0n) is 11.9. The summed E-state index contributed by atoms with van der Waals surface area (Å²) >= 11 is 1.99. The second-order valence-corrected chi connectivity index (χ2v) is 7.07. The van der Waals surface area contributed by atoms with Gasteiger partial charge in [0, 0.05) is 23.6 Å². The molecule has 6 heteroatoms. The molecule has 0 aromatic carbocycles. The van der Waals surface area contributed by atoms with Crippen LogP contribution in [0.4, 0.5) is 5.82 Å². The summed E-state index contributed by atoms with van der Waals surface area (Å²) in [6.07, 6.45) is 0. The molecule has 0 spiro atoms. The van der Waals surface area contributed by atoms with Crippen molar-refractivity contribution in [3.63, 3.8) is 0 Å². The van der Waals surface area contributed by atoms with E-state index in [4.69, 9.17) is 11.1 Å². The van der Waals surface area contributed by atoms with Crippen LogP contribution < -0.4 is 10.6 Å². The molecule has 1 aliphatic heterocycles. The van der Waals surface area contributed by atoms with Crippen LogP contribution in [-0.4, -0.2) is 39.6 Å². The molecule has 3 N–H and O–H groups in total.